The molecule has 32 heavy (non-hydrogen) atoms. The Morgan fingerprint density at radius 1 is 1.28 bits per heavy atom. The summed E-state index contributed by atoms with van der Waals surface area (Å²) >= 11 is 1.48. The van der Waals surface area contributed by atoms with E-state index < -0.39 is 6.09 Å². The van der Waals surface area contributed by atoms with Crippen LogP contribution in [0.15, 0.2) is 41.3 Å². The van der Waals surface area contributed by atoms with Crippen LogP contribution in [0.3, 0.4) is 0 Å². The number of amides is 3. The van der Waals surface area contributed by atoms with Gasteiger partial charge in [-0.25, -0.2) is 4.79 Å². The molecule has 3 N–H and O–H groups in total. The lowest BCUT2D eigenvalue weighted by Gasteiger charge is -2.20. The summed E-state index contributed by atoms with van der Waals surface area (Å²) in [6.45, 7) is 2.84. The van der Waals surface area contributed by atoms with Crippen LogP contribution in [-0.4, -0.2) is 49.9 Å². The Morgan fingerprint density at radius 3 is 2.94 bits per heavy atom. The number of ether oxygens (including phenoxy) is 1. The van der Waals surface area contributed by atoms with Crippen molar-refractivity contribution < 1.29 is 19.1 Å². The molecule has 8 nitrogen and oxygen atoms in total. The number of cyclic esters (lactones) is 1. The van der Waals surface area contributed by atoms with Crippen LogP contribution in [0.5, 0.6) is 0 Å². The predicted octanol–water partition coefficient (Wildman–Crippen LogP) is 3.62. The number of rotatable bonds is 7. The lowest BCUT2D eigenvalue weighted by molar-refractivity contribution is -0.113. The van der Waals surface area contributed by atoms with Gasteiger partial charge in [-0.15, -0.1) is 11.8 Å². The van der Waals surface area contributed by atoms with Gasteiger partial charge in [-0.05, 0) is 49.6 Å². The lowest BCUT2D eigenvalue weighted by atomic mass is 10.1. The summed E-state index contributed by atoms with van der Waals surface area (Å²) in [7, 11) is 1.79. The molecule has 0 saturated carbocycles. The van der Waals surface area contributed by atoms with Crippen LogP contribution in [0, 0.1) is 6.92 Å². The average molecular weight is 455 g/mol. The molecule has 1 unspecified atom stereocenters. The zero-order chi connectivity index (χ0) is 22.7. The fourth-order valence-corrected chi connectivity index (χ4v) is 4.71. The van der Waals surface area contributed by atoms with Crippen LogP contribution >= 0.6 is 11.8 Å². The van der Waals surface area contributed by atoms with Crippen molar-refractivity contribution in [3.63, 3.8) is 0 Å². The van der Waals surface area contributed by atoms with Crippen molar-refractivity contribution in [3.8, 4) is 0 Å². The molecule has 0 aromatic heterocycles. The van der Waals surface area contributed by atoms with E-state index in [-0.39, 0.29) is 17.9 Å². The second-order valence-electron chi connectivity index (χ2n) is 7.78. The molecule has 4 rings (SSSR count). The van der Waals surface area contributed by atoms with Crippen molar-refractivity contribution in [1.29, 1.82) is 0 Å². The first-order valence-electron chi connectivity index (χ1n) is 10.6. The van der Waals surface area contributed by atoms with Gasteiger partial charge in [0.15, 0.2) is 0 Å². The molecule has 1 atom stereocenters. The highest BCUT2D eigenvalue weighted by Crippen LogP contribution is 2.35. The van der Waals surface area contributed by atoms with Crippen molar-refractivity contribution >= 4 is 46.7 Å². The maximum atomic E-state index is 12.6. The minimum atomic E-state index is -0.396. The van der Waals surface area contributed by atoms with Crippen molar-refractivity contribution in [2.45, 2.75) is 30.8 Å². The molecule has 168 valence electrons. The summed E-state index contributed by atoms with van der Waals surface area (Å²) in [6, 6.07) is 11.3. The van der Waals surface area contributed by atoms with Crippen LogP contribution < -0.4 is 20.9 Å². The molecule has 9 heteroatoms. The van der Waals surface area contributed by atoms with E-state index in [9.17, 15) is 14.4 Å². The molecule has 2 aromatic carbocycles. The quantitative estimate of drug-likeness (QED) is 0.553. The van der Waals surface area contributed by atoms with Gasteiger partial charge in [0.05, 0.1) is 23.5 Å². The Bertz CT molecular complexity index is 1060. The highest BCUT2D eigenvalue weighted by atomic mass is 32.2. The maximum absolute atomic E-state index is 12.6. The predicted molar refractivity (Wildman–Crippen MR) is 126 cm³/mol. The zero-order valence-corrected chi connectivity index (χ0v) is 18.9. The van der Waals surface area contributed by atoms with E-state index in [4.69, 9.17) is 4.74 Å². The van der Waals surface area contributed by atoms with Crippen LogP contribution in [-0.2, 0) is 9.53 Å². The third-order valence-electron chi connectivity index (χ3n) is 5.54. The Labute approximate surface area is 191 Å². The Morgan fingerprint density at radius 2 is 2.12 bits per heavy atom. The fraction of sp³-hybridized carbons (Fsp3) is 0.348. The molecule has 2 heterocycles. The van der Waals surface area contributed by atoms with Crippen LogP contribution in [0.1, 0.15) is 28.8 Å². The SMILES string of the molecule is CNc1cccc(C)c1C(=O)NCCCC1CN(c2ccc3c(c2)NC(=O)CS3)C(=O)O1. The van der Waals surface area contributed by atoms with E-state index >= 15 is 0 Å². The molecule has 0 bridgehead atoms. The molecular weight excluding hydrogens is 428 g/mol. The molecule has 2 aliphatic rings. The average Bonchev–Trinajstić information content (AvgIpc) is 3.16. The molecule has 1 fully saturated rings. The van der Waals surface area contributed by atoms with Crippen LogP contribution in [0.25, 0.3) is 0 Å². The maximum Gasteiger partial charge on any atom is 0.414 e. The molecule has 1 saturated heterocycles. The van der Waals surface area contributed by atoms with Gasteiger partial charge < -0.3 is 20.7 Å². The zero-order valence-electron chi connectivity index (χ0n) is 18.1. The summed E-state index contributed by atoms with van der Waals surface area (Å²) in [4.78, 5) is 39.2. The second kappa shape index (κ2) is 9.52. The molecule has 0 radical (unpaired) electrons. The van der Waals surface area contributed by atoms with Gasteiger partial charge in [0.25, 0.3) is 5.91 Å². The highest BCUT2D eigenvalue weighted by molar-refractivity contribution is 8.00. The molecular formula is C23H26N4O4S. The number of anilines is 3. The lowest BCUT2D eigenvalue weighted by Crippen LogP contribution is -2.27. The van der Waals surface area contributed by atoms with Gasteiger partial charge in [-0.3, -0.25) is 14.5 Å². The van der Waals surface area contributed by atoms with Crippen LogP contribution in [0.4, 0.5) is 21.9 Å². The van der Waals surface area contributed by atoms with Crippen molar-refractivity contribution in [2.24, 2.45) is 0 Å². The summed E-state index contributed by atoms with van der Waals surface area (Å²) in [5, 5.41) is 8.85. The van der Waals surface area contributed by atoms with Crippen molar-refractivity contribution in [2.75, 3.05) is 41.4 Å². The molecule has 0 aliphatic carbocycles. The molecule has 3 amide bonds. The van der Waals surface area contributed by atoms with Crippen molar-refractivity contribution in [1.82, 2.24) is 5.32 Å². The number of hydrogen-bond donors (Lipinski definition) is 3. The number of carbonyl (C=O) groups is 3. The van der Waals surface area contributed by atoms with E-state index in [1.54, 1.807) is 11.9 Å². The van der Waals surface area contributed by atoms with E-state index in [0.29, 0.717) is 42.9 Å². The molecule has 2 aromatic rings. The summed E-state index contributed by atoms with van der Waals surface area (Å²) in [6.07, 6.45) is 0.695. The largest absolute Gasteiger partial charge is 0.444 e. The number of benzene rings is 2. The minimum absolute atomic E-state index is 0.0453. The summed E-state index contributed by atoms with van der Waals surface area (Å²) < 4.78 is 5.51. The van der Waals surface area contributed by atoms with E-state index in [2.05, 4.69) is 16.0 Å². The first-order chi connectivity index (χ1) is 15.5. The van der Waals surface area contributed by atoms with Gasteiger partial charge in [0, 0.05) is 29.9 Å². The Kier molecular flexibility index (Phi) is 6.55. The fourth-order valence-electron chi connectivity index (χ4n) is 3.92. The second-order valence-corrected chi connectivity index (χ2v) is 8.80. The van der Waals surface area contributed by atoms with Gasteiger partial charge in [-0.1, -0.05) is 12.1 Å². The molecule has 0 spiro atoms. The monoisotopic (exact) mass is 454 g/mol. The highest BCUT2D eigenvalue weighted by Gasteiger charge is 2.32. The Balaban J connectivity index is 1.29. The summed E-state index contributed by atoms with van der Waals surface area (Å²) in [5.74, 6) is 0.235. The summed E-state index contributed by atoms with van der Waals surface area (Å²) in [5.41, 5.74) is 3.77. The number of fused-ring (bicyclic) bond motifs is 1. The van der Waals surface area contributed by atoms with Crippen LogP contribution in [0.2, 0.25) is 0 Å². The minimum Gasteiger partial charge on any atom is -0.444 e. The van der Waals surface area contributed by atoms with E-state index in [1.807, 2.05) is 43.3 Å². The standard InChI is InChI=1S/C23H26N4O4S/c1-14-5-3-7-17(24-2)21(14)22(29)25-10-4-6-16-12-27(23(30)31-16)15-8-9-19-18(11-15)26-20(28)13-32-19/h3,5,7-9,11,16,24H,4,6,10,12-13H2,1-2H3,(H,25,29)(H,26,28). The van der Waals surface area contributed by atoms with Crippen molar-refractivity contribution in [3.05, 3.63) is 47.5 Å². The number of hydrogen-bond acceptors (Lipinski definition) is 6. The first kappa shape index (κ1) is 22.0. The third-order valence-corrected chi connectivity index (χ3v) is 6.61. The van der Waals surface area contributed by atoms with E-state index in [1.165, 1.54) is 11.8 Å². The topological polar surface area (TPSA) is 99.8 Å². The van der Waals surface area contributed by atoms with Gasteiger partial charge in [0.1, 0.15) is 6.10 Å². The van der Waals surface area contributed by atoms with E-state index in [0.717, 1.165) is 21.8 Å². The smallest absolute Gasteiger partial charge is 0.414 e. The van der Waals surface area contributed by atoms with Gasteiger partial charge in [0.2, 0.25) is 5.91 Å². The number of aryl methyl sites for hydroxylation is 1. The number of carbonyl (C=O) groups excluding carboxylic acids is 3. The number of nitrogens with one attached hydrogen (secondary N) is 3. The first-order valence-corrected chi connectivity index (χ1v) is 11.5. The van der Waals surface area contributed by atoms with Gasteiger partial charge in [-0.2, -0.15) is 0 Å². The van der Waals surface area contributed by atoms with Gasteiger partial charge >= 0.3 is 6.09 Å². The Hall–Kier alpha value is -3.20. The molecule has 2 aliphatic heterocycles. The number of nitrogens with zero attached hydrogens (tertiary/aromatic N) is 1. The normalized spacial score (nSPS) is 17.4. The number of thioether (sulfide) groups is 1. The third kappa shape index (κ3) is 4.67.